The molecule has 2 N–H and O–H groups in total. The molecule has 206 valence electrons. The number of aryl methyl sites for hydroxylation is 2. The van der Waals surface area contributed by atoms with Gasteiger partial charge in [-0.15, -0.1) is 5.10 Å². The zero-order valence-electron chi connectivity index (χ0n) is 23.3. The van der Waals surface area contributed by atoms with Gasteiger partial charge in [0.25, 0.3) is 0 Å². The summed E-state index contributed by atoms with van der Waals surface area (Å²) in [6.07, 6.45) is 5.03. The van der Waals surface area contributed by atoms with Crippen LogP contribution in [0.3, 0.4) is 0 Å². The highest BCUT2D eigenvalue weighted by Crippen LogP contribution is 2.52. The molecule has 1 aromatic carbocycles. The largest absolute Gasteiger partial charge is 0.487 e. The fourth-order valence-corrected chi connectivity index (χ4v) is 6.05. The number of nitrogens with zero attached hydrogens (tertiary/aromatic N) is 4. The van der Waals surface area contributed by atoms with E-state index in [9.17, 15) is 14.7 Å². The van der Waals surface area contributed by atoms with E-state index in [1.54, 1.807) is 10.7 Å². The number of carboxylic acid groups (broad SMARTS) is 1. The molecule has 0 radical (unpaired) electrons. The van der Waals surface area contributed by atoms with E-state index in [1.807, 2.05) is 13.1 Å². The van der Waals surface area contributed by atoms with Crippen molar-refractivity contribution in [2.45, 2.75) is 71.6 Å². The lowest BCUT2D eigenvalue weighted by molar-refractivity contribution is -0.138. The first-order chi connectivity index (χ1) is 18.6. The second kappa shape index (κ2) is 10.4. The fraction of sp³-hybridized carbons (Fsp3) is 0.467. The average Bonchev–Trinajstić information content (AvgIpc) is 3.18. The Morgan fingerprint density at radius 1 is 1.31 bits per heavy atom. The Balaban J connectivity index is 1.49. The topological polar surface area (TPSA) is 113 Å². The minimum Gasteiger partial charge on any atom is -0.487 e. The minimum absolute atomic E-state index is 0.00729. The Labute approximate surface area is 228 Å². The van der Waals surface area contributed by atoms with Gasteiger partial charge in [0.1, 0.15) is 11.9 Å². The SMILES string of the molecule is CC[C@H]1CN(Cc2cc([C@H](CC(=O)O)C3(C)C=Cc4c(nnn4C)C3C)ccc2C)Cc2[nH]c(=O)ccc2O1. The summed E-state index contributed by atoms with van der Waals surface area (Å²) in [5.41, 5.74) is 5.31. The number of nitrogens with one attached hydrogen (secondary N) is 1. The van der Waals surface area contributed by atoms with E-state index >= 15 is 0 Å². The van der Waals surface area contributed by atoms with Crippen LogP contribution in [0.1, 0.15) is 79.2 Å². The molecule has 0 spiro atoms. The Bertz CT molecular complexity index is 1470. The molecule has 2 unspecified atom stereocenters. The number of allylic oxidation sites excluding steroid dienone is 1. The number of benzene rings is 1. The number of fused-ring (bicyclic) bond motifs is 2. The van der Waals surface area contributed by atoms with Crippen molar-refractivity contribution in [3.05, 3.63) is 80.5 Å². The normalized spacial score (nSPS) is 23.4. The molecule has 3 heterocycles. The van der Waals surface area contributed by atoms with E-state index < -0.39 is 11.4 Å². The van der Waals surface area contributed by atoms with Gasteiger partial charge in [0.2, 0.25) is 5.56 Å². The first kappa shape index (κ1) is 26.9. The molecular formula is C30H37N5O4. The van der Waals surface area contributed by atoms with Gasteiger partial charge in [-0.3, -0.25) is 14.5 Å². The molecule has 9 heteroatoms. The third-order valence-electron chi connectivity index (χ3n) is 8.69. The molecule has 5 rings (SSSR count). The summed E-state index contributed by atoms with van der Waals surface area (Å²) in [4.78, 5) is 29.4. The maximum absolute atomic E-state index is 12.1. The lowest BCUT2D eigenvalue weighted by Gasteiger charge is -2.41. The summed E-state index contributed by atoms with van der Waals surface area (Å²) in [5.74, 6) is -0.374. The molecule has 3 aromatic rings. The summed E-state index contributed by atoms with van der Waals surface area (Å²) in [6, 6.07) is 9.59. The average molecular weight is 532 g/mol. The van der Waals surface area contributed by atoms with Crippen LogP contribution in [0.5, 0.6) is 5.75 Å². The zero-order chi connectivity index (χ0) is 27.9. The number of aromatic nitrogens is 4. The number of H-pyrrole nitrogens is 1. The van der Waals surface area contributed by atoms with Crippen LogP contribution in [0.15, 0.2) is 41.2 Å². The predicted molar refractivity (Wildman–Crippen MR) is 149 cm³/mol. The molecule has 39 heavy (non-hydrogen) atoms. The third kappa shape index (κ3) is 5.15. The molecular weight excluding hydrogens is 494 g/mol. The standard InChI is InChI=1S/C30H37N5O4/c1-6-22-16-35(17-24-26(39-22)9-10-27(36)31-24)15-21-13-20(8-7-18(21)2)23(14-28(37)38)30(4)12-11-25-29(19(30)3)32-33-34(25)5/h7-13,19,22-23H,6,14-17H2,1-5H3,(H,31,36)(H,37,38)/t19?,22-,23-,30?/m0/s1. The van der Waals surface area contributed by atoms with Gasteiger partial charge in [-0.2, -0.15) is 0 Å². The molecule has 0 saturated carbocycles. The number of pyridine rings is 1. The highest BCUT2D eigenvalue weighted by molar-refractivity contribution is 5.69. The van der Waals surface area contributed by atoms with Crippen molar-refractivity contribution >= 4 is 12.0 Å². The fourth-order valence-electron chi connectivity index (χ4n) is 6.05. The van der Waals surface area contributed by atoms with E-state index in [-0.39, 0.29) is 29.9 Å². The predicted octanol–water partition coefficient (Wildman–Crippen LogP) is 4.38. The summed E-state index contributed by atoms with van der Waals surface area (Å²) >= 11 is 0. The van der Waals surface area contributed by atoms with Crippen molar-refractivity contribution in [1.82, 2.24) is 24.9 Å². The quantitative estimate of drug-likeness (QED) is 0.465. The number of hydrogen-bond donors (Lipinski definition) is 2. The molecule has 2 aliphatic rings. The van der Waals surface area contributed by atoms with Gasteiger partial charge in [0.05, 0.1) is 23.5 Å². The molecule has 1 aliphatic carbocycles. The molecule has 0 bridgehead atoms. The van der Waals surface area contributed by atoms with Gasteiger partial charge in [0.15, 0.2) is 0 Å². The first-order valence-corrected chi connectivity index (χ1v) is 13.6. The van der Waals surface area contributed by atoms with E-state index in [0.29, 0.717) is 13.1 Å². The number of rotatable bonds is 7. The second-order valence-corrected chi connectivity index (χ2v) is 11.2. The smallest absolute Gasteiger partial charge is 0.303 e. The van der Waals surface area contributed by atoms with Crippen LogP contribution >= 0.6 is 0 Å². The highest BCUT2D eigenvalue weighted by atomic mass is 16.5. The van der Waals surface area contributed by atoms with Crippen LogP contribution in [-0.2, 0) is 24.9 Å². The number of aliphatic carboxylic acids is 1. The van der Waals surface area contributed by atoms with Crippen LogP contribution in [0, 0.1) is 12.3 Å². The van der Waals surface area contributed by atoms with Gasteiger partial charge in [-0.25, -0.2) is 4.68 Å². The lowest BCUT2D eigenvalue weighted by Crippen LogP contribution is -2.34. The van der Waals surface area contributed by atoms with Crippen molar-refractivity contribution in [2.75, 3.05) is 6.54 Å². The molecule has 1 aliphatic heterocycles. The molecule has 4 atom stereocenters. The molecule has 2 aromatic heterocycles. The Hall–Kier alpha value is -3.72. The van der Waals surface area contributed by atoms with E-state index in [1.165, 1.54) is 6.07 Å². The van der Waals surface area contributed by atoms with Crippen molar-refractivity contribution in [2.24, 2.45) is 12.5 Å². The summed E-state index contributed by atoms with van der Waals surface area (Å²) < 4.78 is 7.96. The van der Waals surface area contributed by atoms with Crippen molar-refractivity contribution < 1.29 is 14.6 Å². The van der Waals surface area contributed by atoms with Crippen LogP contribution in [0.25, 0.3) is 6.08 Å². The molecule has 0 saturated heterocycles. The van der Waals surface area contributed by atoms with Crippen molar-refractivity contribution in [3.63, 3.8) is 0 Å². The number of hydrogen-bond acceptors (Lipinski definition) is 6. The van der Waals surface area contributed by atoms with Crippen LogP contribution < -0.4 is 10.3 Å². The minimum atomic E-state index is -0.829. The summed E-state index contributed by atoms with van der Waals surface area (Å²) in [7, 11) is 1.87. The summed E-state index contributed by atoms with van der Waals surface area (Å²) in [5, 5.41) is 18.6. The second-order valence-electron chi connectivity index (χ2n) is 11.2. The number of carboxylic acids is 1. The van der Waals surface area contributed by atoms with E-state index in [2.05, 4.69) is 72.2 Å². The van der Waals surface area contributed by atoms with Crippen LogP contribution in [-0.4, -0.2) is 48.6 Å². The van der Waals surface area contributed by atoms with Crippen molar-refractivity contribution in [3.8, 4) is 5.75 Å². The van der Waals surface area contributed by atoms with Gasteiger partial charge < -0.3 is 14.8 Å². The molecule has 9 nitrogen and oxygen atoms in total. The maximum atomic E-state index is 12.1. The highest BCUT2D eigenvalue weighted by Gasteiger charge is 2.44. The Morgan fingerprint density at radius 2 is 2.10 bits per heavy atom. The molecule has 0 amide bonds. The van der Waals surface area contributed by atoms with Crippen molar-refractivity contribution in [1.29, 1.82) is 0 Å². The Kier molecular flexibility index (Phi) is 7.20. The summed E-state index contributed by atoms with van der Waals surface area (Å²) in [6.45, 7) is 10.4. The van der Waals surface area contributed by atoms with Gasteiger partial charge in [-0.1, -0.05) is 50.3 Å². The third-order valence-corrected chi connectivity index (χ3v) is 8.69. The maximum Gasteiger partial charge on any atom is 0.303 e. The lowest BCUT2D eigenvalue weighted by atomic mass is 9.62. The zero-order valence-corrected chi connectivity index (χ0v) is 23.3. The first-order valence-electron chi connectivity index (χ1n) is 13.6. The number of ether oxygens (including phenoxy) is 1. The van der Waals surface area contributed by atoms with E-state index in [0.717, 1.165) is 52.5 Å². The number of carbonyl (C=O) groups is 1. The molecule has 0 fully saturated rings. The Morgan fingerprint density at radius 3 is 2.85 bits per heavy atom. The number of aromatic amines is 1. The van der Waals surface area contributed by atoms with Crippen LogP contribution in [0.4, 0.5) is 0 Å². The van der Waals surface area contributed by atoms with Gasteiger partial charge in [-0.05, 0) is 42.2 Å². The van der Waals surface area contributed by atoms with Gasteiger partial charge in [0, 0.05) is 50.0 Å². The van der Waals surface area contributed by atoms with Gasteiger partial charge >= 0.3 is 5.97 Å². The monoisotopic (exact) mass is 531 g/mol. The van der Waals surface area contributed by atoms with E-state index in [4.69, 9.17) is 4.74 Å². The van der Waals surface area contributed by atoms with Crippen LogP contribution in [0.2, 0.25) is 0 Å².